The molecule has 2 aliphatic rings. The fraction of sp³-hybridized carbons (Fsp3) is 0.314. The van der Waals surface area contributed by atoms with E-state index in [-0.39, 0.29) is 29.5 Å². The number of anilines is 1. The molecule has 0 radical (unpaired) electrons. The number of aromatic nitrogens is 2. The largest absolute Gasteiger partial charge is 0.356 e. The first-order valence-corrected chi connectivity index (χ1v) is 15.3. The van der Waals surface area contributed by atoms with Crippen molar-refractivity contribution in [2.45, 2.75) is 44.3 Å². The second-order valence-corrected chi connectivity index (χ2v) is 11.5. The van der Waals surface area contributed by atoms with E-state index in [2.05, 4.69) is 37.6 Å². The van der Waals surface area contributed by atoms with Gasteiger partial charge in [-0.1, -0.05) is 36.4 Å². The molecule has 2 aromatic carbocycles. The number of likely N-dealkylation sites (tertiary alicyclic amines) is 1. The number of benzene rings is 2. The number of halogens is 1. The number of hydrogen-bond acceptors (Lipinski definition) is 6. The standard InChI is InChI=1S/C35H37FN6O2/c36-33-29(31-11-4-5-18-37-31)9-6-10-30(33)35(44)40-27-14-19-41(20-15-27)24-25-12-13-32(38-23-25)42-21-16-28(17-22-42)39-34(43)26-7-2-1-3-8-26/h1-13,18,23,27-28H,14-17,19-22,24H2,(H,39,43)(H,40,44). The second-order valence-electron chi connectivity index (χ2n) is 11.5. The predicted molar refractivity (Wildman–Crippen MR) is 169 cm³/mol. The first-order valence-electron chi connectivity index (χ1n) is 15.3. The Morgan fingerprint density at radius 1 is 0.750 bits per heavy atom. The van der Waals surface area contributed by atoms with Gasteiger partial charge in [-0.3, -0.25) is 19.5 Å². The maximum Gasteiger partial charge on any atom is 0.254 e. The lowest BCUT2D eigenvalue weighted by Crippen LogP contribution is -2.45. The average molecular weight is 593 g/mol. The number of rotatable bonds is 8. The number of hydrogen-bond donors (Lipinski definition) is 2. The van der Waals surface area contributed by atoms with E-state index in [1.165, 1.54) is 6.07 Å². The molecule has 44 heavy (non-hydrogen) atoms. The molecule has 6 rings (SSSR count). The van der Waals surface area contributed by atoms with Gasteiger partial charge in [0.05, 0.1) is 11.3 Å². The minimum atomic E-state index is -0.545. The van der Waals surface area contributed by atoms with Crippen LogP contribution < -0.4 is 15.5 Å². The fourth-order valence-electron chi connectivity index (χ4n) is 5.99. The summed E-state index contributed by atoms with van der Waals surface area (Å²) in [6, 6.07) is 23.9. The molecule has 8 nitrogen and oxygen atoms in total. The van der Waals surface area contributed by atoms with E-state index in [9.17, 15) is 9.59 Å². The van der Waals surface area contributed by atoms with E-state index in [4.69, 9.17) is 4.98 Å². The van der Waals surface area contributed by atoms with E-state index in [0.717, 1.165) is 69.8 Å². The summed E-state index contributed by atoms with van der Waals surface area (Å²) < 4.78 is 15.2. The average Bonchev–Trinajstić information content (AvgIpc) is 3.07. The zero-order valence-corrected chi connectivity index (χ0v) is 24.7. The van der Waals surface area contributed by atoms with Gasteiger partial charge in [0.1, 0.15) is 11.6 Å². The molecular weight excluding hydrogens is 555 g/mol. The van der Waals surface area contributed by atoms with Gasteiger partial charge in [-0.05, 0) is 73.7 Å². The van der Waals surface area contributed by atoms with Crippen molar-refractivity contribution >= 4 is 17.6 Å². The van der Waals surface area contributed by atoms with Gasteiger partial charge < -0.3 is 15.5 Å². The number of nitrogens with one attached hydrogen (secondary N) is 2. The Kier molecular flexibility index (Phi) is 9.22. The van der Waals surface area contributed by atoms with Crippen molar-refractivity contribution in [3.63, 3.8) is 0 Å². The smallest absolute Gasteiger partial charge is 0.254 e. The normalized spacial score (nSPS) is 16.4. The van der Waals surface area contributed by atoms with Crippen LogP contribution >= 0.6 is 0 Å². The minimum absolute atomic E-state index is 0.00226. The molecule has 0 aliphatic carbocycles. The summed E-state index contributed by atoms with van der Waals surface area (Å²) in [6.45, 7) is 4.17. The molecule has 2 aromatic heterocycles. The van der Waals surface area contributed by atoms with Gasteiger partial charge >= 0.3 is 0 Å². The van der Waals surface area contributed by atoms with Crippen LogP contribution in [0, 0.1) is 5.82 Å². The molecule has 2 saturated heterocycles. The first kappa shape index (κ1) is 29.4. The number of nitrogens with zero attached hydrogens (tertiary/aromatic N) is 4. The van der Waals surface area contributed by atoms with Crippen molar-refractivity contribution in [1.29, 1.82) is 0 Å². The summed E-state index contributed by atoms with van der Waals surface area (Å²) in [5.74, 6) is 0.0120. The Balaban J connectivity index is 0.946. The van der Waals surface area contributed by atoms with Crippen LogP contribution in [-0.2, 0) is 6.54 Å². The number of pyridine rings is 2. The molecule has 4 heterocycles. The van der Waals surface area contributed by atoms with Crippen LogP contribution in [0.4, 0.5) is 10.2 Å². The van der Waals surface area contributed by atoms with Crippen molar-refractivity contribution in [2.24, 2.45) is 0 Å². The van der Waals surface area contributed by atoms with Crippen molar-refractivity contribution in [2.75, 3.05) is 31.1 Å². The highest BCUT2D eigenvalue weighted by Crippen LogP contribution is 2.24. The third-order valence-corrected chi connectivity index (χ3v) is 8.51. The summed E-state index contributed by atoms with van der Waals surface area (Å²) in [4.78, 5) is 39.0. The number of carbonyl (C=O) groups is 2. The van der Waals surface area contributed by atoms with Crippen LogP contribution in [0.25, 0.3) is 11.3 Å². The summed E-state index contributed by atoms with van der Waals surface area (Å²) in [6.07, 6.45) is 6.93. The van der Waals surface area contributed by atoms with E-state index < -0.39 is 5.82 Å². The van der Waals surface area contributed by atoms with Gasteiger partial charge in [0.2, 0.25) is 0 Å². The van der Waals surface area contributed by atoms with Crippen LogP contribution in [0.2, 0.25) is 0 Å². The molecule has 0 unspecified atom stereocenters. The lowest BCUT2D eigenvalue weighted by Gasteiger charge is -2.34. The van der Waals surface area contributed by atoms with Gasteiger partial charge in [-0.25, -0.2) is 9.37 Å². The Morgan fingerprint density at radius 3 is 2.14 bits per heavy atom. The summed E-state index contributed by atoms with van der Waals surface area (Å²) in [5, 5.41) is 6.20. The van der Waals surface area contributed by atoms with E-state index in [1.807, 2.05) is 36.5 Å². The molecule has 0 saturated carbocycles. The van der Waals surface area contributed by atoms with Crippen molar-refractivity contribution in [3.05, 3.63) is 114 Å². The molecule has 2 fully saturated rings. The number of carbonyl (C=O) groups excluding carboxylic acids is 2. The molecule has 9 heteroatoms. The van der Waals surface area contributed by atoms with Crippen molar-refractivity contribution in [1.82, 2.24) is 25.5 Å². The van der Waals surface area contributed by atoms with Gasteiger partial charge in [0, 0.05) is 68.3 Å². The number of piperidine rings is 2. The van der Waals surface area contributed by atoms with Gasteiger partial charge in [-0.15, -0.1) is 0 Å². The SMILES string of the molecule is O=C(NC1CCN(c2ccc(CN3CCC(NC(=O)c4cccc(-c5ccccn5)c4F)CC3)cn2)CC1)c1ccccc1. The van der Waals surface area contributed by atoms with E-state index >= 15 is 4.39 Å². The molecular formula is C35H37FN6O2. The highest BCUT2D eigenvalue weighted by atomic mass is 19.1. The van der Waals surface area contributed by atoms with Crippen molar-refractivity contribution in [3.8, 4) is 11.3 Å². The zero-order chi connectivity index (χ0) is 30.3. The quantitative estimate of drug-likeness (QED) is 0.297. The maximum atomic E-state index is 15.2. The fourth-order valence-corrected chi connectivity index (χ4v) is 5.99. The van der Waals surface area contributed by atoms with Gasteiger partial charge in [0.25, 0.3) is 11.8 Å². The Hall–Kier alpha value is -4.63. The van der Waals surface area contributed by atoms with E-state index in [0.29, 0.717) is 16.8 Å². The molecule has 226 valence electrons. The molecule has 0 bridgehead atoms. The highest BCUT2D eigenvalue weighted by Gasteiger charge is 2.25. The number of amides is 2. The summed E-state index contributed by atoms with van der Waals surface area (Å²) in [5.41, 5.74) is 2.71. The van der Waals surface area contributed by atoms with Crippen LogP contribution in [0.3, 0.4) is 0 Å². The van der Waals surface area contributed by atoms with Crippen LogP contribution in [-0.4, -0.2) is 64.9 Å². The summed E-state index contributed by atoms with van der Waals surface area (Å²) >= 11 is 0. The molecule has 4 aromatic rings. The Bertz CT molecular complexity index is 1550. The van der Waals surface area contributed by atoms with Crippen LogP contribution in [0.5, 0.6) is 0 Å². The molecule has 2 amide bonds. The summed E-state index contributed by atoms with van der Waals surface area (Å²) in [7, 11) is 0. The predicted octanol–water partition coefficient (Wildman–Crippen LogP) is 5.08. The molecule has 2 aliphatic heterocycles. The first-order chi connectivity index (χ1) is 21.5. The third kappa shape index (κ3) is 7.11. The second kappa shape index (κ2) is 13.8. The zero-order valence-electron chi connectivity index (χ0n) is 24.7. The maximum absolute atomic E-state index is 15.2. The monoisotopic (exact) mass is 592 g/mol. The highest BCUT2D eigenvalue weighted by molar-refractivity contribution is 5.96. The third-order valence-electron chi connectivity index (χ3n) is 8.51. The van der Waals surface area contributed by atoms with Crippen LogP contribution in [0.15, 0.2) is 91.3 Å². The lowest BCUT2D eigenvalue weighted by atomic mass is 10.0. The van der Waals surface area contributed by atoms with Crippen molar-refractivity contribution < 1.29 is 14.0 Å². The Morgan fingerprint density at radius 2 is 1.45 bits per heavy atom. The lowest BCUT2D eigenvalue weighted by molar-refractivity contribution is 0.0902. The van der Waals surface area contributed by atoms with Gasteiger partial charge in [0.15, 0.2) is 0 Å². The molecule has 2 N–H and O–H groups in total. The van der Waals surface area contributed by atoms with Crippen LogP contribution in [0.1, 0.15) is 52.0 Å². The van der Waals surface area contributed by atoms with E-state index in [1.54, 1.807) is 36.5 Å². The topological polar surface area (TPSA) is 90.5 Å². The molecule has 0 spiro atoms. The molecule has 0 atom stereocenters. The van der Waals surface area contributed by atoms with Gasteiger partial charge in [-0.2, -0.15) is 0 Å². The minimum Gasteiger partial charge on any atom is -0.356 e. The Labute approximate surface area is 257 Å².